The number of hydrogen-bond acceptors (Lipinski definition) is 7. The zero-order valence-corrected chi connectivity index (χ0v) is 21.7. The Labute approximate surface area is 213 Å². The molecule has 0 radical (unpaired) electrons. The second-order valence-electron chi connectivity index (χ2n) is 9.40. The molecule has 0 aromatic heterocycles. The van der Waals surface area contributed by atoms with Gasteiger partial charge in [-0.05, 0) is 43.5 Å². The second kappa shape index (κ2) is 12.8. The highest BCUT2D eigenvalue weighted by atomic mass is 32.2. The largest absolute Gasteiger partial charge is 0.389 e. The molecule has 2 aromatic carbocycles. The summed E-state index contributed by atoms with van der Waals surface area (Å²) in [6.45, 7) is 4.53. The van der Waals surface area contributed by atoms with Crippen molar-refractivity contribution in [3.8, 4) is 0 Å². The topological polar surface area (TPSA) is 131 Å². The van der Waals surface area contributed by atoms with Crippen molar-refractivity contribution in [1.82, 2.24) is 9.62 Å². The normalized spacial score (nSPS) is 19.5. The Morgan fingerprint density at radius 2 is 1.83 bits per heavy atom. The van der Waals surface area contributed by atoms with Gasteiger partial charge in [-0.15, -0.1) is 0 Å². The first-order valence-corrected chi connectivity index (χ1v) is 13.6. The zero-order valence-electron chi connectivity index (χ0n) is 20.9. The lowest BCUT2D eigenvalue weighted by atomic mass is 9.86. The molecule has 0 saturated carbocycles. The fourth-order valence-electron chi connectivity index (χ4n) is 4.11. The molecular formula is C26H37N3O6S. The van der Waals surface area contributed by atoms with Gasteiger partial charge in [0.25, 0.3) is 0 Å². The van der Waals surface area contributed by atoms with Gasteiger partial charge in [-0.3, -0.25) is 4.79 Å². The molecule has 1 aliphatic heterocycles. The minimum atomic E-state index is -3.93. The van der Waals surface area contributed by atoms with E-state index in [1.807, 2.05) is 13.0 Å². The van der Waals surface area contributed by atoms with Gasteiger partial charge >= 0.3 is 0 Å². The molecule has 3 rings (SSSR count). The molecule has 1 saturated heterocycles. The van der Waals surface area contributed by atoms with Crippen LogP contribution in [0.5, 0.6) is 0 Å². The Kier molecular flexibility index (Phi) is 10.0. The highest BCUT2D eigenvalue weighted by molar-refractivity contribution is 7.89. The molecule has 1 unspecified atom stereocenters. The Morgan fingerprint density at radius 1 is 1.19 bits per heavy atom. The maximum atomic E-state index is 13.5. The van der Waals surface area contributed by atoms with Crippen molar-refractivity contribution in [1.29, 1.82) is 0 Å². The standard InChI is InChI=1S/C26H37N3O6S/c1-20(15-27)16-29(36(32,33)23-11-7-4-8-12-23)17-24(30)26(2,21-9-5-3-6-10-21)28-25(31)19-35-22-13-14-34-18-22/h3-12,20,22,24,30H,13-19,27H2,1-2H3,(H,28,31)/t20?,22-,24+,26-/m0/s1. The molecule has 1 aliphatic rings. The van der Waals surface area contributed by atoms with Gasteiger partial charge in [-0.2, -0.15) is 4.31 Å². The molecule has 1 amide bonds. The smallest absolute Gasteiger partial charge is 0.246 e. The van der Waals surface area contributed by atoms with Crippen molar-refractivity contribution in [3.63, 3.8) is 0 Å². The van der Waals surface area contributed by atoms with Gasteiger partial charge in [0, 0.05) is 19.7 Å². The number of benzene rings is 2. The number of hydrogen-bond donors (Lipinski definition) is 3. The molecular weight excluding hydrogens is 482 g/mol. The summed E-state index contributed by atoms with van der Waals surface area (Å²) in [4.78, 5) is 13.0. The lowest BCUT2D eigenvalue weighted by Crippen LogP contribution is -2.57. The van der Waals surface area contributed by atoms with E-state index >= 15 is 0 Å². The van der Waals surface area contributed by atoms with Crippen LogP contribution in [0.3, 0.4) is 0 Å². The van der Waals surface area contributed by atoms with Crippen molar-refractivity contribution in [2.24, 2.45) is 11.7 Å². The molecule has 9 nitrogen and oxygen atoms in total. The predicted octanol–water partition coefficient (Wildman–Crippen LogP) is 1.47. The van der Waals surface area contributed by atoms with Crippen LogP contribution in [0.25, 0.3) is 0 Å². The molecule has 0 aliphatic carbocycles. The summed E-state index contributed by atoms with van der Waals surface area (Å²) >= 11 is 0. The summed E-state index contributed by atoms with van der Waals surface area (Å²) in [5.41, 5.74) is 5.15. The first-order chi connectivity index (χ1) is 17.2. The van der Waals surface area contributed by atoms with Gasteiger partial charge < -0.3 is 25.6 Å². The van der Waals surface area contributed by atoms with Gasteiger partial charge in [-0.1, -0.05) is 55.5 Å². The van der Waals surface area contributed by atoms with Crippen molar-refractivity contribution in [2.45, 2.75) is 42.9 Å². The van der Waals surface area contributed by atoms with Gasteiger partial charge in [0.1, 0.15) is 6.61 Å². The maximum Gasteiger partial charge on any atom is 0.246 e. The van der Waals surface area contributed by atoms with Gasteiger partial charge in [0.05, 0.1) is 29.2 Å². The second-order valence-corrected chi connectivity index (χ2v) is 11.3. The number of ether oxygens (including phenoxy) is 2. The quantitative estimate of drug-likeness (QED) is 0.365. The Hall–Kier alpha value is -2.34. The molecule has 1 heterocycles. The van der Waals surface area contributed by atoms with E-state index in [-0.39, 0.29) is 43.2 Å². The number of carbonyl (C=O) groups is 1. The average molecular weight is 520 g/mol. The molecule has 10 heteroatoms. The maximum absolute atomic E-state index is 13.5. The van der Waals surface area contributed by atoms with E-state index in [0.717, 1.165) is 6.42 Å². The van der Waals surface area contributed by atoms with Crippen molar-refractivity contribution in [3.05, 3.63) is 66.2 Å². The number of aliphatic hydroxyl groups is 1. The van der Waals surface area contributed by atoms with E-state index in [1.165, 1.54) is 16.4 Å². The van der Waals surface area contributed by atoms with E-state index in [4.69, 9.17) is 15.2 Å². The fourth-order valence-corrected chi connectivity index (χ4v) is 5.69. The molecule has 4 N–H and O–H groups in total. The third-order valence-corrected chi connectivity index (χ3v) is 8.30. The van der Waals surface area contributed by atoms with Crippen molar-refractivity contribution in [2.75, 3.05) is 39.5 Å². The monoisotopic (exact) mass is 519 g/mol. The third-order valence-electron chi connectivity index (χ3n) is 6.45. The van der Waals surface area contributed by atoms with Crippen LogP contribution >= 0.6 is 0 Å². The average Bonchev–Trinajstić information content (AvgIpc) is 3.41. The van der Waals surface area contributed by atoms with E-state index in [2.05, 4.69) is 5.32 Å². The van der Waals surface area contributed by atoms with E-state index in [0.29, 0.717) is 18.8 Å². The zero-order chi connectivity index (χ0) is 26.2. The lowest BCUT2D eigenvalue weighted by molar-refractivity contribution is -0.131. The van der Waals surface area contributed by atoms with E-state index in [9.17, 15) is 18.3 Å². The Balaban J connectivity index is 1.86. The first-order valence-electron chi connectivity index (χ1n) is 12.2. The van der Waals surface area contributed by atoms with Crippen LogP contribution in [-0.4, -0.2) is 75.4 Å². The predicted molar refractivity (Wildman–Crippen MR) is 137 cm³/mol. The number of aliphatic hydroxyl groups excluding tert-OH is 1. The molecule has 4 atom stereocenters. The van der Waals surface area contributed by atoms with Crippen molar-refractivity contribution < 1.29 is 27.8 Å². The number of nitrogens with two attached hydrogens (primary N) is 1. The van der Waals surface area contributed by atoms with Gasteiger partial charge in [0.2, 0.25) is 15.9 Å². The van der Waals surface area contributed by atoms with Crippen LogP contribution in [0.4, 0.5) is 0 Å². The van der Waals surface area contributed by atoms with Crippen LogP contribution in [0.15, 0.2) is 65.6 Å². The fraction of sp³-hybridized carbons (Fsp3) is 0.500. The highest BCUT2D eigenvalue weighted by Crippen LogP contribution is 2.28. The first kappa shape index (κ1) is 28.2. The molecule has 1 fully saturated rings. The number of nitrogens with zero attached hydrogens (tertiary/aromatic N) is 1. The molecule has 198 valence electrons. The summed E-state index contributed by atoms with van der Waals surface area (Å²) in [7, 11) is -3.93. The Morgan fingerprint density at radius 3 is 2.42 bits per heavy atom. The number of carbonyl (C=O) groups excluding carboxylic acids is 1. The van der Waals surface area contributed by atoms with Crippen LogP contribution in [0.1, 0.15) is 25.8 Å². The van der Waals surface area contributed by atoms with Crippen molar-refractivity contribution >= 4 is 15.9 Å². The third kappa shape index (κ3) is 7.12. The summed E-state index contributed by atoms with van der Waals surface area (Å²) in [6, 6.07) is 17.1. The van der Waals surface area contributed by atoms with Gasteiger partial charge in [-0.25, -0.2) is 8.42 Å². The minimum absolute atomic E-state index is 0.119. The summed E-state index contributed by atoms with van der Waals surface area (Å²) in [6.07, 6.45) is -0.702. The molecule has 0 bridgehead atoms. The Bertz CT molecular complexity index is 1060. The minimum Gasteiger partial charge on any atom is -0.389 e. The molecule has 36 heavy (non-hydrogen) atoms. The van der Waals surface area contributed by atoms with Crippen LogP contribution in [-0.2, 0) is 29.8 Å². The summed E-state index contributed by atoms with van der Waals surface area (Å²) in [5.74, 6) is -0.560. The van der Waals surface area contributed by atoms with Gasteiger partial charge in [0.15, 0.2) is 0 Å². The SMILES string of the molecule is CC(CN)CN(C[C@@H](O)[C@@](C)(NC(=O)CO[C@H]1CCOC1)c1ccccc1)S(=O)(=O)c1ccccc1. The van der Waals surface area contributed by atoms with Crippen LogP contribution in [0, 0.1) is 5.92 Å². The number of sulfonamides is 1. The molecule has 0 spiro atoms. The summed E-state index contributed by atoms with van der Waals surface area (Å²) < 4.78 is 39.2. The highest BCUT2D eigenvalue weighted by Gasteiger charge is 2.40. The summed E-state index contributed by atoms with van der Waals surface area (Å²) in [5, 5.41) is 14.4. The number of nitrogens with one attached hydrogen (secondary N) is 1. The van der Waals surface area contributed by atoms with E-state index in [1.54, 1.807) is 49.4 Å². The number of amides is 1. The number of rotatable bonds is 13. The van der Waals surface area contributed by atoms with Crippen LogP contribution < -0.4 is 11.1 Å². The van der Waals surface area contributed by atoms with E-state index < -0.39 is 27.6 Å². The molecule has 2 aromatic rings. The van der Waals surface area contributed by atoms with Crippen LogP contribution in [0.2, 0.25) is 0 Å². The lowest BCUT2D eigenvalue weighted by Gasteiger charge is -2.38.